The minimum atomic E-state index is -3.69. The first-order chi connectivity index (χ1) is 9.81. The maximum Gasteiger partial charge on any atom is 0.242 e. The van der Waals surface area contributed by atoms with E-state index in [2.05, 4.69) is 10.0 Å². The molecule has 0 spiro atoms. The second-order valence-electron chi connectivity index (χ2n) is 4.59. The molecule has 0 amide bonds. The van der Waals surface area contributed by atoms with Crippen LogP contribution in [0.5, 0.6) is 0 Å². The zero-order chi connectivity index (χ0) is 16.0. The zero-order valence-electron chi connectivity index (χ0n) is 12.2. The predicted molar refractivity (Wildman–Crippen MR) is 92.0 cm³/mol. The maximum absolute atomic E-state index is 12.5. The van der Waals surface area contributed by atoms with Crippen LogP contribution < -0.4 is 10.0 Å². The first kappa shape index (κ1) is 19.1. The van der Waals surface area contributed by atoms with Crippen LogP contribution in [-0.2, 0) is 16.6 Å². The number of hydrogen-bond acceptors (Lipinski definition) is 4. The number of halogens is 2. The minimum Gasteiger partial charge on any atom is -0.316 e. The quantitative estimate of drug-likeness (QED) is 0.737. The minimum absolute atomic E-state index is 0.0234. The summed E-state index contributed by atoms with van der Waals surface area (Å²) in [7, 11) is -1.93. The molecule has 1 atom stereocenters. The van der Waals surface area contributed by atoms with Gasteiger partial charge in [0.2, 0.25) is 10.0 Å². The summed E-state index contributed by atoms with van der Waals surface area (Å²) in [6.45, 7) is 4.31. The third-order valence-corrected chi connectivity index (χ3v) is 6.20. The lowest BCUT2D eigenvalue weighted by molar-refractivity contribution is 0.571. The fraction of sp³-hybridized carbons (Fsp3) is 0.538. The lowest BCUT2D eigenvalue weighted by Crippen LogP contribution is -2.34. The van der Waals surface area contributed by atoms with Crippen molar-refractivity contribution in [2.45, 2.75) is 31.3 Å². The van der Waals surface area contributed by atoms with Crippen LogP contribution in [0, 0.1) is 0 Å². The molecule has 0 fully saturated rings. The molecule has 2 N–H and O–H groups in total. The molecule has 21 heavy (non-hydrogen) atoms. The third-order valence-electron chi connectivity index (χ3n) is 2.66. The van der Waals surface area contributed by atoms with E-state index in [1.807, 2.05) is 13.8 Å². The molecule has 0 saturated carbocycles. The monoisotopic (exact) mass is 370 g/mol. The van der Waals surface area contributed by atoms with Crippen molar-refractivity contribution < 1.29 is 8.42 Å². The van der Waals surface area contributed by atoms with Crippen molar-refractivity contribution in [3.05, 3.63) is 27.7 Å². The van der Waals surface area contributed by atoms with Gasteiger partial charge in [0.1, 0.15) is 4.90 Å². The van der Waals surface area contributed by atoms with Crippen LogP contribution in [-0.4, -0.2) is 33.0 Å². The molecule has 0 heterocycles. The van der Waals surface area contributed by atoms with Crippen molar-refractivity contribution in [1.29, 1.82) is 0 Å². The van der Waals surface area contributed by atoms with Crippen LogP contribution in [0.4, 0.5) is 0 Å². The molecule has 0 saturated heterocycles. The average molecular weight is 371 g/mol. The molecular formula is C13H20Cl2N2O2S2. The molecule has 4 nitrogen and oxygen atoms in total. The fourth-order valence-electron chi connectivity index (χ4n) is 1.79. The van der Waals surface area contributed by atoms with Gasteiger partial charge < -0.3 is 5.32 Å². The van der Waals surface area contributed by atoms with Gasteiger partial charge in [-0.05, 0) is 37.4 Å². The van der Waals surface area contributed by atoms with Gasteiger partial charge in [0.15, 0.2) is 0 Å². The topological polar surface area (TPSA) is 58.2 Å². The van der Waals surface area contributed by atoms with Gasteiger partial charge in [-0.15, -0.1) is 0 Å². The second kappa shape index (κ2) is 8.60. The highest BCUT2D eigenvalue weighted by molar-refractivity contribution is 7.99. The van der Waals surface area contributed by atoms with E-state index in [9.17, 15) is 8.42 Å². The summed E-state index contributed by atoms with van der Waals surface area (Å²) >= 11 is 13.9. The van der Waals surface area contributed by atoms with Gasteiger partial charge in [-0.1, -0.05) is 30.1 Å². The highest BCUT2D eigenvalue weighted by Gasteiger charge is 2.22. The maximum atomic E-state index is 12.5. The van der Waals surface area contributed by atoms with Gasteiger partial charge >= 0.3 is 0 Å². The molecule has 8 heteroatoms. The van der Waals surface area contributed by atoms with Gasteiger partial charge in [-0.25, -0.2) is 13.1 Å². The van der Waals surface area contributed by atoms with E-state index >= 15 is 0 Å². The number of sulfonamides is 1. The number of thioether (sulfide) groups is 1. The fourth-order valence-corrected chi connectivity index (χ4v) is 4.74. The first-order valence-corrected chi connectivity index (χ1v) is 9.93. The summed E-state index contributed by atoms with van der Waals surface area (Å²) in [5.41, 5.74) is 0.655. The molecular weight excluding hydrogens is 351 g/mol. The van der Waals surface area contributed by atoms with Crippen molar-refractivity contribution in [2.75, 3.05) is 18.6 Å². The highest BCUT2D eigenvalue weighted by Crippen LogP contribution is 2.29. The second-order valence-corrected chi connectivity index (χ2v) is 8.40. The summed E-state index contributed by atoms with van der Waals surface area (Å²) in [6, 6.07) is 2.86. The lowest BCUT2D eigenvalue weighted by atomic mass is 10.2. The van der Waals surface area contributed by atoms with Gasteiger partial charge in [-0.2, -0.15) is 11.8 Å². The van der Waals surface area contributed by atoms with E-state index < -0.39 is 10.0 Å². The van der Waals surface area contributed by atoms with Crippen molar-refractivity contribution in [1.82, 2.24) is 10.0 Å². The van der Waals surface area contributed by atoms with E-state index in [-0.39, 0.29) is 16.0 Å². The van der Waals surface area contributed by atoms with Crippen LogP contribution in [0.2, 0.25) is 10.0 Å². The van der Waals surface area contributed by atoms with Crippen LogP contribution >= 0.6 is 35.0 Å². The molecule has 0 aromatic heterocycles. The Labute approximate surface area is 141 Å². The Balaban J connectivity index is 3.07. The Morgan fingerprint density at radius 2 is 2.00 bits per heavy atom. The highest BCUT2D eigenvalue weighted by atomic mass is 35.5. The van der Waals surface area contributed by atoms with Crippen molar-refractivity contribution in [3.63, 3.8) is 0 Å². The van der Waals surface area contributed by atoms with Gasteiger partial charge in [0.05, 0.1) is 5.02 Å². The average Bonchev–Trinajstić information content (AvgIpc) is 2.39. The van der Waals surface area contributed by atoms with E-state index in [0.29, 0.717) is 22.9 Å². The summed E-state index contributed by atoms with van der Waals surface area (Å²) in [6.07, 6.45) is 0. The van der Waals surface area contributed by atoms with Crippen molar-refractivity contribution in [2.24, 2.45) is 0 Å². The lowest BCUT2D eigenvalue weighted by Gasteiger charge is -2.16. The Kier molecular flexibility index (Phi) is 7.81. The molecule has 1 aromatic carbocycles. The van der Waals surface area contributed by atoms with Crippen LogP contribution in [0.3, 0.4) is 0 Å². The SMILES string of the molecule is CCSCC(C)NS(=O)(=O)c1cc(Cl)cc(CNC)c1Cl. The van der Waals surface area contributed by atoms with E-state index in [1.165, 1.54) is 6.07 Å². The Hall–Kier alpha value is 0.0200. The Morgan fingerprint density at radius 1 is 1.33 bits per heavy atom. The summed E-state index contributed by atoms with van der Waals surface area (Å²) < 4.78 is 27.5. The van der Waals surface area contributed by atoms with Crippen molar-refractivity contribution >= 4 is 45.0 Å². The third kappa shape index (κ3) is 5.62. The van der Waals surface area contributed by atoms with E-state index in [1.54, 1.807) is 24.9 Å². The standard InChI is InChI=1S/C13H20Cl2N2O2S2/c1-4-20-8-9(2)17-21(18,19)12-6-11(14)5-10(7-16-3)13(12)15/h5-6,9,16-17H,4,7-8H2,1-3H3. The van der Waals surface area contributed by atoms with Gasteiger partial charge in [-0.3, -0.25) is 0 Å². The molecule has 1 aromatic rings. The number of rotatable bonds is 8. The molecule has 0 bridgehead atoms. The normalized spacial score (nSPS) is 13.4. The number of nitrogens with one attached hydrogen (secondary N) is 2. The van der Waals surface area contributed by atoms with E-state index in [4.69, 9.17) is 23.2 Å². The molecule has 0 aliphatic carbocycles. The van der Waals surface area contributed by atoms with Crippen LogP contribution in [0.25, 0.3) is 0 Å². The Bertz CT molecular complexity index is 580. The smallest absolute Gasteiger partial charge is 0.242 e. The van der Waals surface area contributed by atoms with Gasteiger partial charge in [0.25, 0.3) is 0 Å². The zero-order valence-corrected chi connectivity index (χ0v) is 15.4. The van der Waals surface area contributed by atoms with E-state index in [0.717, 1.165) is 5.75 Å². The predicted octanol–water partition coefficient (Wildman–Crippen LogP) is 3.13. The van der Waals surface area contributed by atoms with Crippen LogP contribution in [0.1, 0.15) is 19.4 Å². The number of hydrogen-bond donors (Lipinski definition) is 2. The molecule has 120 valence electrons. The van der Waals surface area contributed by atoms with Crippen LogP contribution in [0.15, 0.2) is 17.0 Å². The number of benzene rings is 1. The first-order valence-electron chi connectivity index (χ1n) is 6.54. The van der Waals surface area contributed by atoms with Crippen molar-refractivity contribution in [3.8, 4) is 0 Å². The molecule has 0 aliphatic heterocycles. The largest absolute Gasteiger partial charge is 0.316 e. The molecule has 1 unspecified atom stereocenters. The molecule has 0 radical (unpaired) electrons. The summed E-state index contributed by atoms with van der Waals surface area (Å²) in [5.74, 6) is 1.65. The summed E-state index contributed by atoms with van der Waals surface area (Å²) in [4.78, 5) is 0.0234. The van der Waals surface area contributed by atoms with Gasteiger partial charge in [0, 0.05) is 23.4 Å². The Morgan fingerprint density at radius 3 is 2.57 bits per heavy atom. The summed E-state index contributed by atoms with van der Waals surface area (Å²) in [5, 5.41) is 3.49. The molecule has 1 rings (SSSR count). The molecule has 0 aliphatic rings.